The zero-order chi connectivity index (χ0) is 11.8. The fourth-order valence-electron chi connectivity index (χ4n) is 2.36. The summed E-state index contributed by atoms with van der Waals surface area (Å²) < 4.78 is 5.70. The zero-order valence-corrected chi connectivity index (χ0v) is 10.7. The van der Waals surface area contributed by atoms with Gasteiger partial charge < -0.3 is 15.2 Å². The Morgan fingerprint density at radius 1 is 1.25 bits per heavy atom. The maximum absolute atomic E-state index is 9.17. The highest BCUT2D eigenvalue weighted by Crippen LogP contribution is 2.23. The molecule has 3 heteroatoms. The highest BCUT2D eigenvalue weighted by molar-refractivity contribution is 4.69. The summed E-state index contributed by atoms with van der Waals surface area (Å²) in [6, 6.07) is 0.485. The lowest BCUT2D eigenvalue weighted by Crippen LogP contribution is -2.41. The van der Waals surface area contributed by atoms with Gasteiger partial charge in [-0.3, -0.25) is 0 Å². The van der Waals surface area contributed by atoms with Crippen molar-refractivity contribution in [2.45, 2.75) is 58.0 Å². The van der Waals surface area contributed by atoms with Gasteiger partial charge in [0, 0.05) is 12.6 Å². The lowest BCUT2D eigenvalue weighted by Gasteiger charge is -2.23. The Morgan fingerprint density at radius 3 is 2.50 bits per heavy atom. The molecule has 3 nitrogen and oxygen atoms in total. The van der Waals surface area contributed by atoms with E-state index in [2.05, 4.69) is 19.2 Å². The van der Waals surface area contributed by atoms with Crippen LogP contribution in [0, 0.1) is 5.92 Å². The smallest absolute Gasteiger partial charge is 0.0642 e. The molecule has 0 aliphatic heterocycles. The van der Waals surface area contributed by atoms with Crippen molar-refractivity contribution in [2.75, 3.05) is 19.8 Å². The summed E-state index contributed by atoms with van der Waals surface area (Å²) >= 11 is 0. The van der Waals surface area contributed by atoms with Crippen LogP contribution in [-0.2, 0) is 4.74 Å². The average molecular weight is 229 g/mol. The van der Waals surface area contributed by atoms with E-state index in [-0.39, 0.29) is 12.6 Å². The molecule has 0 spiro atoms. The van der Waals surface area contributed by atoms with Gasteiger partial charge >= 0.3 is 0 Å². The number of aliphatic hydroxyl groups is 1. The highest BCUT2D eigenvalue weighted by Gasteiger charge is 2.15. The first kappa shape index (κ1) is 13.9. The molecule has 16 heavy (non-hydrogen) atoms. The SMILES string of the molecule is CC(C)NC(CO)COCC1CCCCC1. The van der Waals surface area contributed by atoms with Crippen LogP contribution in [0.2, 0.25) is 0 Å². The monoisotopic (exact) mass is 229 g/mol. The van der Waals surface area contributed by atoms with Crippen molar-refractivity contribution >= 4 is 0 Å². The van der Waals surface area contributed by atoms with Crippen LogP contribution in [0.25, 0.3) is 0 Å². The molecule has 0 radical (unpaired) electrons. The van der Waals surface area contributed by atoms with Crippen molar-refractivity contribution in [3.63, 3.8) is 0 Å². The van der Waals surface area contributed by atoms with E-state index in [0.29, 0.717) is 12.6 Å². The van der Waals surface area contributed by atoms with Gasteiger partial charge in [-0.25, -0.2) is 0 Å². The van der Waals surface area contributed by atoms with Crippen LogP contribution in [0.5, 0.6) is 0 Å². The number of hydrogen-bond acceptors (Lipinski definition) is 3. The molecule has 1 saturated carbocycles. The molecular weight excluding hydrogens is 202 g/mol. The molecule has 0 saturated heterocycles. The van der Waals surface area contributed by atoms with Crippen LogP contribution in [0.15, 0.2) is 0 Å². The van der Waals surface area contributed by atoms with Gasteiger partial charge in [0.25, 0.3) is 0 Å². The van der Waals surface area contributed by atoms with E-state index in [4.69, 9.17) is 9.84 Å². The summed E-state index contributed by atoms with van der Waals surface area (Å²) in [5.41, 5.74) is 0. The third-order valence-corrected chi connectivity index (χ3v) is 3.19. The van der Waals surface area contributed by atoms with Gasteiger partial charge in [0.2, 0.25) is 0 Å². The minimum absolute atomic E-state index is 0.0867. The average Bonchev–Trinajstić information content (AvgIpc) is 2.28. The Bertz CT molecular complexity index is 167. The molecule has 1 aliphatic carbocycles. The van der Waals surface area contributed by atoms with Gasteiger partial charge in [-0.2, -0.15) is 0 Å². The summed E-state index contributed by atoms with van der Waals surface area (Å²) in [7, 11) is 0. The number of aliphatic hydroxyl groups excluding tert-OH is 1. The molecule has 1 fully saturated rings. The van der Waals surface area contributed by atoms with Crippen molar-refractivity contribution in [3.05, 3.63) is 0 Å². The predicted octanol–water partition coefficient (Wildman–Crippen LogP) is 1.94. The van der Waals surface area contributed by atoms with E-state index in [1.165, 1.54) is 32.1 Å². The molecule has 0 amide bonds. The van der Waals surface area contributed by atoms with Crippen molar-refractivity contribution in [1.29, 1.82) is 0 Å². The molecule has 1 rings (SSSR count). The fourth-order valence-corrected chi connectivity index (χ4v) is 2.36. The molecule has 1 unspecified atom stereocenters. The van der Waals surface area contributed by atoms with Crippen LogP contribution in [0.3, 0.4) is 0 Å². The molecule has 2 N–H and O–H groups in total. The van der Waals surface area contributed by atoms with Gasteiger partial charge in [-0.05, 0) is 18.8 Å². The minimum atomic E-state index is 0.0867. The maximum atomic E-state index is 9.17. The Kier molecular flexibility index (Phi) is 7.01. The molecular formula is C13H27NO2. The number of ether oxygens (including phenoxy) is 1. The Labute approximate surface area is 99.6 Å². The molecule has 0 aromatic carbocycles. The summed E-state index contributed by atoms with van der Waals surface area (Å²) in [6.45, 7) is 5.83. The first-order valence-electron chi connectivity index (χ1n) is 6.67. The Morgan fingerprint density at radius 2 is 1.94 bits per heavy atom. The van der Waals surface area contributed by atoms with E-state index >= 15 is 0 Å². The molecule has 96 valence electrons. The summed E-state index contributed by atoms with van der Waals surface area (Å²) in [5.74, 6) is 0.757. The number of rotatable bonds is 7. The summed E-state index contributed by atoms with van der Waals surface area (Å²) in [4.78, 5) is 0. The highest BCUT2D eigenvalue weighted by atomic mass is 16.5. The Balaban J connectivity index is 2.07. The lowest BCUT2D eigenvalue weighted by molar-refractivity contribution is 0.0538. The van der Waals surface area contributed by atoms with Crippen LogP contribution >= 0.6 is 0 Å². The van der Waals surface area contributed by atoms with Gasteiger partial charge in [0.05, 0.1) is 19.3 Å². The van der Waals surface area contributed by atoms with Gasteiger partial charge in [0.1, 0.15) is 0 Å². The molecule has 1 atom stereocenters. The first-order valence-corrected chi connectivity index (χ1v) is 6.67. The molecule has 0 bridgehead atoms. The molecule has 0 aromatic rings. The lowest BCUT2D eigenvalue weighted by atomic mass is 9.90. The fraction of sp³-hybridized carbons (Fsp3) is 1.00. The second-order valence-electron chi connectivity index (χ2n) is 5.24. The predicted molar refractivity (Wildman–Crippen MR) is 66.5 cm³/mol. The van der Waals surface area contributed by atoms with E-state index < -0.39 is 0 Å². The van der Waals surface area contributed by atoms with Crippen LogP contribution < -0.4 is 5.32 Å². The van der Waals surface area contributed by atoms with Crippen LogP contribution in [0.1, 0.15) is 46.0 Å². The quantitative estimate of drug-likeness (QED) is 0.701. The van der Waals surface area contributed by atoms with E-state index in [1.807, 2.05) is 0 Å². The molecule has 0 aromatic heterocycles. The Hall–Kier alpha value is -0.120. The largest absolute Gasteiger partial charge is 0.395 e. The van der Waals surface area contributed by atoms with E-state index in [0.717, 1.165) is 12.5 Å². The third-order valence-electron chi connectivity index (χ3n) is 3.19. The van der Waals surface area contributed by atoms with Crippen molar-refractivity contribution in [3.8, 4) is 0 Å². The first-order chi connectivity index (χ1) is 7.72. The van der Waals surface area contributed by atoms with Gasteiger partial charge in [-0.1, -0.05) is 33.1 Å². The second-order valence-corrected chi connectivity index (χ2v) is 5.24. The third kappa shape index (κ3) is 5.83. The van der Waals surface area contributed by atoms with Crippen molar-refractivity contribution in [1.82, 2.24) is 5.32 Å². The molecule has 1 aliphatic rings. The topological polar surface area (TPSA) is 41.5 Å². The van der Waals surface area contributed by atoms with E-state index in [9.17, 15) is 0 Å². The van der Waals surface area contributed by atoms with Gasteiger partial charge in [-0.15, -0.1) is 0 Å². The van der Waals surface area contributed by atoms with Crippen molar-refractivity contribution < 1.29 is 9.84 Å². The second kappa shape index (κ2) is 8.04. The number of nitrogens with one attached hydrogen (secondary N) is 1. The van der Waals surface area contributed by atoms with E-state index in [1.54, 1.807) is 0 Å². The van der Waals surface area contributed by atoms with Crippen LogP contribution in [-0.4, -0.2) is 37.0 Å². The molecule has 0 heterocycles. The van der Waals surface area contributed by atoms with Crippen molar-refractivity contribution in [2.24, 2.45) is 5.92 Å². The zero-order valence-electron chi connectivity index (χ0n) is 10.7. The minimum Gasteiger partial charge on any atom is -0.395 e. The van der Waals surface area contributed by atoms with Gasteiger partial charge in [0.15, 0.2) is 0 Å². The maximum Gasteiger partial charge on any atom is 0.0642 e. The van der Waals surface area contributed by atoms with Crippen LogP contribution in [0.4, 0.5) is 0 Å². The standard InChI is InChI=1S/C13H27NO2/c1-11(2)14-13(8-15)10-16-9-12-6-4-3-5-7-12/h11-15H,3-10H2,1-2H3. The summed E-state index contributed by atoms with van der Waals surface area (Å²) in [5, 5.41) is 12.5. The number of hydrogen-bond donors (Lipinski definition) is 2. The normalized spacial score (nSPS) is 20.2. The summed E-state index contributed by atoms with van der Waals surface area (Å²) in [6.07, 6.45) is 6.76.